The Hall–Kier alpha value is -2.66. The number of hydrogen-bond donors (Lipinski definition) is 1. The molecular weight excluding hydrogens is 436 g/mol. The SMILES string of the molecule is CN1CCC[C@H]1COc1nc(N2CC3CCC(C2)N3)c2c(c1C#N)CN(Cc1ccccc1)CC2. The predicted octanol–water partition coefficient (Wildman–Crippen LogP) is 2.93. The van der Waals surface area contributed by atoms with Crippen LogP contribution in [-0.2, 0) is 19.5 Å². The Kier molecular flexibility index (Phi) is 6.36. The molecule has 7 nitrogen and oxygen atoms in total. The number of rotatable bonds is 6. The number of fused-ring (bicyclic) bond motifs is 3. The summed E-state index contributed by atoms with van der Waals surface area (Å²) >= 11 is 0. The number of nitrogens with one attached hydrogen (secondary N) is 1. The van der Waals surface area contributed by atoms with E-state index in [2.05, 4.69) is 63.5 Å². The van der Waals surface area contributed by atoms with Gasteiger partial charge in [0.25, 0.3) is 0 Å². The fourth-order valence-electron chi connectivity index (χ4n) is 6.44. The Balaban J connectivity index is 1.33. The smallest absolute Gasteiger partial charge is 0.234 e. The summed E-state index contributed by atoms with van der Waals surface area (Å²) in [5.74, 6) is 1.60. The number of hydrogen-bond acceptors (Lipinski definition) is 7. The minimum atomic E-state index is 0.396. The van der Waals surface area contributed by atoms with Crippen molar-refractivity contribution in [2.75, 3.05) is 44.7 Å². The number of likely N-dealkylation sites (N-methyl/N-ethyl adjacent to an activating group) is 1. The van der Waals surface area contributed by atoms with Crippen molar-refractivity contribution in [3.05, 3.63) is 52.6 Å². The number of pyridine rings is 1. The highest BCUT2D eigenvalue weighted by Crippen LogP contribution is 2.37. The first-order chi connectivity index (χ1) is 17.2. The van der Waals surface area contributed by atoms with Gasteiger partial charge in [-0.15, -0.1) is 0 Å². The summed E-state index contributed by atoms with van der Waals surface area (Å²) in [6, 6.07) is 14.6. The maximum Gasteiger partial charge on any atom is 0.234 e. The van der Waals surface area contributed by atoms with Gasteiger partial charge < -0.3 is 19.9 Å². The van der Waals surface area contributed by atoms with E-state index in [1.165, 1.54) is 30.4 Å². The molecule has 2 aromatic rings. The van der Waals surface area contributed by atoms with E-state index in [4.69, 9.17) is 9.72 Å². The number of benzene rings is 1. The average Bonchev–Trinajstić information content (AvgIpc) is 3.45. The van der Waals surface area contributed by atoms with Crippen LogP contribution in [0, 0.1) is 11.3 Å². The van der Waals surface area contributed by atoms with Crippen LogP contribution in [0.4, 0.5) is 5.82 Å². The molecule has 4 aliphatic heterocycles. The monoisotopic (exact) mass is 472 g/mol. The number of piperazine rings is 1. The molecule has 0 spiro atoms. The molecule has 3 atom stereocenters. The molecule has 3 fully saturated rings. The van der Waals surface area contributed by atoms with Crippen molar-refractivity contribution in [1.29, 1.82) is 5.26 Å². The van der Waals surface area contributed by atoms with Gasteiger partial charge in [-0.3, -0.25) is 4.90 Å². The molecule has 2 bridgehead atoms. The summed E-state index contributed by atoms with van der Waals surface area (Å²) in [6.07, 6.45) is 5.74. The zero-order valence-electron chi connectivity index (χ0n) is 20.7. The van der Waals surface area contributed by atoms with Gasteiger partial charge in [-0.1, -0.05) is 30.3 Å². The van der Waals surface area contributed by atoms with Crippen LogP contribution in [0.3, 0.4) is 0 Å². The maximum atomic E-state index is 10.3. The van der Waals surface area contributed by atoms with Gasteiger partial charge in [0.05, 0.1) is 0 Å². The molecule has 184 valence electrons. The summed E-state index contributed by atoms with van der Waals surface area (Å²) in [6.45, 7) is 6.32. The normalized spacial score (nSPS) is 26.5. The molecule has 1 aromatic heterocycles. The minimum Gasteiger partial charge on any atom is -0.475 e. The largest absolute Gasteiger partial charge is 0.475 e. The third kappa shape index (κ3) is 4.63. The topological polar surface area (TPSA) is 67.7 Å². The van der Waals surface area contributed by atoms with E-state index in [1.807, 2.05) is 0 Å². The van der Waals surface area contributed by atoms with Gasteiger partial charge in [-0.25, -0.2) is 0 Å². The number of nitriles is 1. The Morgan fingerprint density at radius 2 is 1.89 bits per heavy atom. The highest BCUT2D eigenvalue weighted by molar-refractivity contribution is 5.61. The average molecular weight is 473 g/mol. The van der Waals surface area contributed by atoms with Crippen molar-refractivity contribution >= 4 is 5.82 Å². The van der Waals surface area contributed by atoms with E-state index in [1.54, 1.807) is 0 Å². The lowest BCUT2D eigenvalue weighted by atomic mass is 9.95. The molecule has 0 aliphatic carbocycles. The summed E-state index contributed by atoms with van der Waals surface area (Å²) in [7, 11) is 2.16. The van der Waals surface area contributed by atoms with Crippen LogP contribution < -0.4 is 15.0 Å². The molecule has 0 amide bonds. The highest BCUT2D eigenvalue weighted by atomic mass is 16.5. The standard InChI is InChI=1S/C28H36N6O/c1-32-12-5-8-23(32)19-35-28-25(14-29)26-18-33(15-20-6-3-2-4-7-20)13-11-24(26)27(31-28)34-16-21-9-10-22(17-34)30-21/h2-4,6-7,21-23,30H,5,8-13,15-19H2,1H3/t21?,22?,23-/m0/s1. The molecule has 7 heteroatoms. The van der Waals surface area contributed by atoms with Crippen LogP contribution in [-0.4, -0.2) is 72.7 Å². The van der Waals surface area contributed by atoms with Gasteiger partial charge in [-0.05, 0) is 56.8 Å². The van der Waals surface area contributed by atoms with Gasteiger partial charge in [0.1, 0.15) is 24.1 Å². The van der Waals surface area contributed by atoms with Crippen molar-refractivity contribution in [2.24, 2.45) is 0 Å². The van der Waals surface area contributed by atoms with Crippen LogP contribution in [0.5, 0.6) is 5.88 Å². The second-order valence-electron chi connectivity index (χ2n) is 10.8. The maximum absolute atomic E-state index is 10.3. The van der Waals surface area contributed by atoms with E-state index >= 15 is 0 Å². The van der Waals surface area contributed by atoms with E-state index in [0.29, 0.717) is 36.2 Å². The van der Waals surface area contributed by atoms with E-state index < -0.39 is 0 Å². The zero-order chi connectivity index (χ0) is 23.8. The molecule has 0 saturated carbocycles. The van der Waals surface area contributed by atoms with E-state index in [-0.39, 0.29) is 0 Å². The first-order valence-corrected chi connectivity index (χ1v) is 13.2. The molecule has 2 unspecified atom stereocenters. The first kappa shape index (κ1) is 22.8. The predicted molar refractivity (Wildman–Crippen MR) is 137 cm³/mol. The summed E-state index contributed by atoms with van der Waals surface area (Å²) < 4.78 is 6.37. The van der Waals surface area contributed by atoms with Crippen LogP contribution in [0.1, 0.15) is 47.9 Å². The van der Waals surface area contributed by atoms with Crippen LogP contribution in [0.25, 0.3) is 0 Å². The molecule has 1 N–H and O–H groups in total. The molecule has 5 heterocycles. The summed E-state index contributed by atoms with van der Waals surface area (Å²) in [4.78, 5) is 12.4. The van der Waals surface area contributed by atoms with Crippen molar-refractivity contribution in [3.63, 3.8) is 0 Å². The zero-order valence-corrected chi connectivity index (χ0v) is 20.7. The van der Waals surface area contributed by atoms with Crippen LogP contribution in [0.15, 0.2) is 30.3 Å². The van der Waals surface area contributed by atoms with Crippen molar-refractivity contribution in [3.8, 4) is 11.9 Å². The Morgan fingerprint density at radius 3 is 2.60 bits per heavy atom. The Labute approximate surface area is 208 Å². The molecule has 35 heavy (non-hydrogen) atoms. The number of anilines is 1. The van der Waals surface area contributed by atoms with Gasteiger partial charge in [-0.2, -0.15) is 10.2 Å². The van der Waals surface area contributed by atoms with Gasteiger partial charge in [0.2, 0.25) is 5.88 Å². The number of ether oxygens (including phenoxy) is 1. The second kappa shape index (κ2) is 9.77. The van der Waals surface area contributed by atoms with Crippen molar-refractivity contribution < 1.29 is 4.74 Å². The lowest BCUT2D eigenvalue weighted by molar-refractivity contribution is 0.191. The van der Waals surface area contributed by atoms with Crippen LogP contribution >= 0.6 is 0 Å². The van der Waals surface area contributed by atoms with E-state index in [0.717, 1.165) is 63.5 Å². The molecule has 0 radical (unpaired) electrons. The number of nitrogens with zero attached hydrogens (tertiary/aromatic N) is 5. The lowest BCUT2D eigenvalue weighted by Crippen LogP contribution is -2.52. The van der Waals surface area contributed by atoms with E-state index in [9.17, 15) is 5.26 Å². The molecule has 1 aromatic carbocycles. The summed E-state index contributed by atoms with van der Waals surface area (Å²) in [5, 5.41) is 14.0. The van der Waals surface area contributed by atoms with Gasteiger partial charge in [0.15, 0.2) is 0 Å². The van der Waals surface area contributed by atoms with Gasteiger partial charge in [0, 0.05) is 56.4 Å². The third-order valence-electron chi connectivity index (χ3n) is 8.38. The fourth-order valence-corrected chi connectivity index (χ4v) is 6.44. The fraction of sp³-hybridized carbons (Fsp3) is 0.571. The molecule has 4 aliphatic rings. The lowest BCUT2D eigenvalue weighted by Gasteiger charge is -2.38. The van der Waals surface area contributed by atoms with Crippen molar-refractivity contribution in [1.82, 2.24) is 20.1 Å². The molecule has 6 rings (SSSR count). The minimum absolute atomic E-state index is 0.396. The molecule has 3 saturated heterocycles. The second-order valence-corrected chi connectivity index (χ2v) is 10.8. The molecular formula is C28H36N6O. The highest BCUT2D eigenvalue weighted by Gasteiger charge is 2.36. The number of likely N-dealkylation sites (tertiary alicyclic amines) is 1. The quantitative estimate of drug-likeness (QED) is 0.693. The summed E-state index contributed by atoms with van der Waals surface area (Å²) in [5.41, 5.74) is 4.33. The van der Waals surface area contributed by atoms with Gasteiger partial charge >= 0.3 is 0 Å². The first-order valence-electron chi connectivity index (χ1n) is 13.2. The number of aromatic nitrogens is 1. The third-order valence-corrected chi connectivity index (χ3v) is 8.38. The van der Waals surface area contributed by atoms with Crippen molar-refractivity contribution in [2.45, 2.75) is 63.3 Å². The Morgan fingerprint density at radius 1 is 1.09 bits per heavy atom. The van der Waals surface area contributed by atoms with Crippen LogP contribution in [0.2, 0.25) is 0 Å². The Bertz CT molecular complexity index is 1090.